The Balaban J connectivity index is 1.37. The lowest BCUT2D eigenvalue weighted by molar-refractivity contribution is -0.115. The van der Waals surface area contributed by atoms with Gasteiger partial charge in [0.2, 0.25) is 5.91 Å². The number of sulfonamides is 1. The fourth-order valence-electron chi connectivity index (χ4n) is 3.08. The monoisotopic (exact) mass is 499 g/mol. The number of aromatic nitrogens is 1. The van der Waals surface area contributed by atoms with E-state index in [1.54, 1.807) is 41.8 Å². The molecule has 2 aromatic heterocycles. The van der Waals surface area contributed by atoms with Crippen LogP contribution in [0.2, 0.25) is 0 Å². The number of carbonyl (C=O) groups is 1. The second kappa shape index (κ2) is 10.2. The van der Waals surface area contributed by atoms with Crippen molar-refractivity contribution in [2.45, 2.75) is 17.6 Å². The summed E-state index contributed by atoms with van der Waals surface area (Å²) in [6, 6.07) is 17.6. The normalized spacial score (nSPS) is 11.2. The van der Waals surface area contributed by atoms with Gasteiger partial charge in [0.05, 0.1) is 18.7 Å². The molecule has 0 saturated heterocycles. The zero-order chi connectivity index (χ0) is 23.3. The van der Waals surface area contributed by atoms with Crippen molar-refractivity contribution in [1.82, 2.24) is 4.98 Å². The summed E-state index contributed by atoms with van der Waals surface area (Å²) in [5.74, 6) is 0.541. The van der Waals surface area contributed by atoms with Crippen LogP contribution in [0.5, 0.6) is 5.75 Å². The molecule has 0 bridgehead atoms. The molecule has 0 atom stereocenters. The summed E-state index contributed by atoms with van der Waals surface area (Å²) in [6.45, 7) is 2.48. The molecule has 0 saturated carbocycles. The molecule has 4 aromatic rings. The Bertz CT molecular complexity index is 1330. The molecule has 10 heteroatoms. The molecule has 0 fully saturated rings. The van der Waals surface area contributed by atoms with E-state index in [-0.39, 0.29) is 16.5 Å². The summed E-state index contributed by atoms with van der Waals surface area (Å²) in [5.41, 5.74) is 2.80. The topological polar surface area (TPSA) is 97.4 Å². The van der Waals surface area contributed by atoms with Gasteiger partial charge in [-0.25, -0.2) is 13.4 Å². The number of nitrogens with zero attached hydrogens (tertiary/aromatic N) is 1. The van der Waals surface area contributed by atoms with Crippen LogP contribution in [0, 0.1) is 0 Å². The highest BCUT2D eigenvalue weighted by atomic mass is 32.2. The molecule has 0 aliphatic heterocycles. The van der Waals surface area contributed by atoms with Gasteiger partial charge in [-0.15, -0.1) is 22.7 Å². The van der Waals surface area contributed by atoms with Crippen LogP contribution < -0.4 is 14.8 Å². The minimum absolute atomic E-state index is 0.141. The lowest BCUT2D eigenvalue weighted by atomic mass is 10.1. The van der Waals surface area contributed by atoms with E-state index in [9.17, 15) is 13.2 Å². The highest BCUT2D eigenvalue weighted by molar-refractivity contribution is 7.94. The van der Waals surface area contributed by atoms with Crippen molar-refractivity contribution in [1.29, 1.82) is 0 Å². The van der Waals surface area contributed by atoms with Crippen molar-refractivity contribution in [3.63, 3.8) is 0 Å². The fourth-order valence-corrected chi connectivity index (χ4v) is 5.85. The summed E-state index contributed by atoms with van der Waals surface area (Å²) in [7, 11) is -3.60. The zero-order valence-electron chi connectivity index (χ0n) is 17.6. The minimum Gasteiger partial charge on any atom is -0.493 e. The molecule has 2 N–H and O–H groups in total. The third kappa shape index (κ3) is 5.78. The number of nitrogens with one attached hydrogen (secondary N) is 2. The van der Waals surface area contributed by atoms with E-state index < -0.39 is 10.0 Å². The molecule has 33 heavy (non-hydrogen) atoms. The Hall–Kier alpha value is -3.21. The molecule has 4 rings (SSSR count). The molecule has 7 nitrogen and oxygen atoms in total. The maximum Gasteiger partial charge on any atom is 0.271 e. The summed E-state index contributed by atoms with van der Waals surface area (Å²) in [4.78, 5) is 17.0. The van der Waals surface area contributed by atoms with Crippen LogP contribution in [-0.2, 0) is 21.2 Å². The summed E-state index contributed by atoms with van der Waals surface area (Å²) in [5, 5.41) is 6.91. The van der Waals surface area contributed by atoms with Crippen LogP contribution in [0.25, 0.3) is 11.3 Å². The molecule has 0 unspecified atom stereocenters. The van der Waals surface area contributed by atoms with Gasteiger partial charge in [0.25, 0.3) is 10.0 Å². The van der Waals surface area contributed by atoms with Gasteiger partial charge in [-0.1, -0.05) is 30.3 Å². The number of thiophene rings is 1. The van der Waals surface area contributed by atoms with Gasteiger partial charge in [-0.05, 0) is 48.2 Å². The molecule has 0 spiro atoms. The number of thiazole rings is 1. The molecule has 2 aromatic carbocycles. The largest absolute Gasteiger partial charge is 0.493 e. The number of ether oxygens (including phenoxy) is 1. The van der Waals surface area contributed by atoms with Gasteiger partial charge in [-0.2, -0.15) is 0 Å². The molecule has 0 aliphatic rings. The van der Waals surface area contributed by atoms with Crippen LogP contribution in [0.4, 0.5) is 10.8 Å². The second-order valence-corrected chi connectivity index (χ2v) is 10.6. The highest BCUT2D eigenvalue weighted by Crippen LogP contribution is 2.32. The van der Waals surface area contributed by atoms with E-state index >= 15 is 0 Å². The molecule has 1 amide bonds. The predicted molar refractivity (Wildman–Crippen MR) is 133 cm³/mol. The van der Waals surface area contributed by atoms with Gasteiger partial charge in [0, 0.05) is 16.6 Å². The van der Waals surface area contributed by atoms with Gasteiger partial charge < -0.3 is 10.1 Å². The maximum atomic E-state index is 12.5. The van der Waals surface area contributed by atoms with E-state index in [1.807, 2.05) is 36.6 Å². The number of hydrogen-bond donors (Lipinski definition) is 2. The SMILES string of the molecule is CCOc1ccccc1-c1csc(NC(=O)Cc2ccc(NS(=O)(=O)c3cccs3)cc2)n1. The quantitative estimate of drug-likeness (QED) is 0.328. The van der Waals surface area contributed by atoms with Crippen molar-refractivity contribution >= 4 is 49.4 Å². The Morgan fingerprint density at radius 2 is 1.82 bits per heavy atom. The van der Waals surface area contributed by atoms with Crippen LogP contribution in [-0.4, -0.2) is 25.9 Å². The Morgan fingerprint density at radius 3 is 2.55 bits per heavy atom. The number of anilines is 2. The first-order valence-electron chi connectivity index (χ1n) is 10.1. The van der Waals surface area contributed by atoms with Crippen LogP contribution in [0.1, 0.15) is 12.5 Å². The van der Waals surface area contributed by atoms with Crippen molar-refractivity contribution in [2.75, 3.05) is 16.6 Å². The summed E-state index contributed by atoms with van der Waals surface area (Å²) in [6.07, 6.45) is 0.141. The number of hydrogen-bond acceptors (Lipinski definition) is 7. The van der Waals surface area contributed by atoms with Gasteiger partial charge in [-0.3, -0.25) is 9.52 Å². The highest BCUT2D eigenvalue weighted by Gasteiger charge is 2.15. The summed E-state index contributed by atoms with van der Waals surface area (Å²) >= 11 is 2.49. The van der Waals surface area contributed by atoms with E-state index in [0.717, 1.165) is 33.9 Å². The van der Waals surface area contributed by atoms with Crippen molar-refractivity contribution < 1.29 is 17.9 Å². The van der Waals surface area contributed by atoms with Crippen molar-refractivity contribution in [3.8, 4) is 17.0 Å². The van der Waals surface area contributed by atoms with Crippen molar-refractivity contribution in [2.24, 2.45) is 0 Å². The Morgan fingerprint density at radius 1 is 1.03 bits per heavy atom. The molecule has 170 valence electrons. The number of para-hydroxylation sites is 1. The number of carbonyl (C=O) groups excluding carboxylic acids is 1. The molecule has 0 aliphatic carbocycles. The second-order valence-electron chi connectivity index (χ2n) is 6.93. The van der Waals surface area contributed by atoms with Crippen molar-refractivity contribution in [3.05, 3.63) is 77.0 Å². The smallest absolute Gasteiger partial charge is 0.271 e. The van der Waals surface area contributed by atoms with Gasteiger partial charge in [0.1, 0.15) is 9.96 Å². The van der Waals surface area contributed by atoms with E-state index in [1.165, 1.54) is 11.3 Å². The number of benzene rings is 2. The average Bonchev–Trinajstić information content (AvgIpc) is 3.49. The van der Waals surface area contributed by atoms with E-state index in [0.29, 0.717) is 17.4 Å². The van der Waals surface area contributed by atoms with Gasteiger partial charge in [0.15, 0.2) is 5.13 Å². The Kier molecular flexibility index (Phi) is 7.07. The average molecular weight is 500 g/mol. The first-order chi connectivity index (χ1) is 15.9. The molecular formula is C23H21N3O4S3. The molecule has 2 heterocycles. The Labute approximate surface area is 200 Å². The van der Waals surface area contributed by atoms with Gasteiger partial charge >= 0.3 is 0 Å². The zero-order valence-corrected chi connectivity index (χ0v) is 20.1. The standard InChI is InChI=1S/C23H21N3O4S3/c1-2-30-20-7-4-3-6-18(20)19-15-32-23(24-19)25-21(27)14-16-9-11-17(12-10-16)26-33(28,29)22-8-5-13-31-22/h3-13,15,26H,2,14H2,1H3,(H,24,25,27). The lowest BCUT2D eigenvalue weighted by Gasteiger charge is -2.08. The number of rotatable bonds is 9. The number of amides is 1. The lowest BCUT2D eigenvalue weighted by Crippen LogP contribution is -2.14. The molecule has 0 radical (unpaired) electrons. The van der Waals surface area contributed by atoms with Crippen LogP contribution >= 0.6 is 22.7 Å². The third-order valence-electron chi connectivity index (χ3n) is 4.54. The van der Waals surface area contributed by atoms with Crippen LogP contribution in [0.3, 0.4) is 0 Å². The van der Waals surface area contributed by atoms with E-state index in [2.05, 4.69) is 15.0 Å². The first-order valence-corrected chi connectivity index (χ1v) is 13.3. The fraction of sp³-hybridized carbons (Fsp3) is 0.130. The summed E-state index contributed by atoms with van der Waals surface area (Å²) < 4.78 is 33.1. The van der Waals surface area contributed by atoms with E-state index in [4.69, 9.17) is 4.74 Å². The van der Waals surface area contributed by atoms with Crippen LogP contribution in [0.15, 0.2) is 75.6 Å². The minimum atomic E-state index is -3.60. The maximum absolute atomic E-state index is 12.5. The molecular weight excluding hydrogens is 478 g/mol. The third-order valence-corrected chi connectivity index (χ3v) is 8.08. The first kappa shape index (κ1) is 23.0. The predicted octanol–water partition coefficient (Wildman–Crippen LogP) is 5.25.